The Labute approximate surface area is 128 Å². The lowest BCUT2D eigenvalue weighted by Crippen LogP contribution is -2.47. The lowest BCUT2D eigenvalue weighted by Gasteiger charge is -2.33. The summed E-state index contributed by atoms with van der Waals surface area (Å²) in [5.74, 6) is 2.47. The third-order valence-electron chi connectivity index (χ3n) is 4.37. The molecule has 0 spiro atoms. The van der Waals surface area contributed by atoms with Gasteiger partial charge in [-0.3, -0.25) is 4.79 Å². The number of hydrogen-bond acceptors (Lipinski definition) is 5. The Kier molecular flexibility index (Phi) is 3.20. The van der Waals surface area contributed by atoms with E-state index in [1.807, 2.05) is 16.6 Å². The van der Waals surface area contributed by atoms with Gasteiger partial charge in [-0.05, 0) is 37.8 Å². The average Bonchev–Trinajstić information content (AvgIpc) is 3.26. The smallest absolute Gasteiger partial charge is 0.217 e. The van der Waals surface area contributed by atoms with E-state index in [1.54, 1.807) is 6.92 Å². The van der Waals surface area contributed by atoms with Crippen LogP contribution in [0.2, 0.25) is 0 Å². The largest absolute Gasteiger partial charge is 0.353 e. The predicted octanol–water partition coefficient (Wildman–Crippen LogP) is 1.11. The number of nitrogens with zero attached hydrogens (tertiary/aromatic N) is 5. The van der Waals surface area contributed by atoms with Crippen LogP contribution >= 0.6 is 0 Å². The Morgan fingerprint density at radius 3 is 2.91 bits per heavy atom. The zero-order valence-corrected chi connectivity index (χ0v) is 12.7. The number of anilines is 1. The van der Waals surface area contributed by atoms with E-state index in [-0.39, 0.29) is 11.9 Å². The molecule has 1 saturated heterocycles. The molecule has 2 aromatic heterocycles. The van der Waals surface area contributed by atoms with E-state index in [0.29, 0.717) is 5.92 Å². The molecule has 3 heterocycles. The van der Waals surface area contributed by atoms with Crippen molar-refractivity contribution in [2.24, 2.45) is 0 Å². The molecule has 4 rings (SSSR count). The number of hydrogen-bond donors (Lipinski definition) is 1. The van der Waals surface area contributed by atoms with Gasteiger partial charge < -0.3 is 10.2 Å². The molecule has 1 saturated carbocycles. The second kappa shape index (κ2) is 5.23. The molecule has 0 unspecified atom stereocenters. The van der Waals surface area contributed by atoms with Crippen molar-refractivity contribution < 1.29 is 4.79 Å². The molecule has 0 radical (unpaired) electrons. The van der Waals surface area contributed by atoms with Gasteiger partial charge in [0.15, 0.2) is 11.5 Å². The normalized spacial score (nSPS) is 22.0. The van der Waals surface area contributed by atoms with E-state index in [2.05, 4.69) is 20.4 Å². The fourth-order valence-corrected chi connectivity index (χ4v) is 3.15. The molecule has 7 heteroatoms. The van der Waals surface area contributed by atoms with Crippen LogP contribution in [0.4, 0.5) is 5.82 Å². The minimum absolute atomic E-state index is 0.0325. The highest BCUT2D eigenvalue weighted by Crippen LogP contribution is 2.38. The van der Waals surface area contributed by atoms with E-state index in [9.17, 15) is 4.79 Å². The van der Waals surface area contributed by atoms with Gasteiger partial charge in [0, 0.05) is 32.0 Å². The maximum atomic E-state index is 11.3. The minimum atomic E-state index is 0.0325. The lowest BCUT2D eigenvalue weighted by atomic mass is 10.1. The first-order valence-corrected chi connectivity index (χ1v) is 7.95. The number of piperidine rings is 1. The van der Waals surface area contributed by atoms with E-state index < -0.39 is 0 Å². The molecular weight excluding hydrogens is 280 g/mol. The topological polar surface area (TPSA) is 75.4 Å². The SMILES string of the molecule is CC(=O)N[C@H]1CCCN(c2ccc3nnc(C4CC4)n3n2)C1. The molecule has 22 heavy (non-hydrogen) atoms. The standard InChI is InChI=1S/C15H20N6O/c1-10(22)16-12-3-2-8-20(9-12)14-7-6-13-17-18-15(11-4-5-11)21(13)19-14/h6-7,11-12H,2-5,8-9H2,1H3,(H,16,22)/t12-/m0/s1. The van der Waals surface area contributed by atoms with E-state index >= 15 is 0 Å². The molecule has 1 aliphatic carbocycles. The zero-order chi connectivity index (χ0) is 15.1. The van der Waals surface area contributed by atoms with Crippen molar-refractivity contribution in [1.29, 1.82) is 0 Å². The minimum Gasteiger partial charge on any atom is -0.353 e. The van der Waals surface area contributed by atoms with Gasteiger partial charge in [-0.15, -0.1) is 15.3 Å². The van der Waals surface area contributed by atoms with Gasteiger partial charge in [-0.25, -0.2) is 0 Å². The zero-order valence-electron chi connectivity index (χ0n) is 12.7. The Morgan fingerprint density at radius 2 is 2.14 bits per heavy atom. The van der Waals surface area contributed by atoms with Crippen molar-refractivity contribution in [3.05, 3.63) is 18.0 Å². The molecule has 1 N–H and O–H groups in total. The molecule has 2 aliphatic rings. The van der Waals surface area contributed by atoms with Crippen LogP contribution in [-0.2, 0) is 4.79 Å². The number of nitrogens with one attached hydrogen (secondary N) is 1. The Balaban J connectivity index is 1.59. The molecule has 1 amide bonds. The van der Waals surface area contributed by atoms with Crippen LogP contribution in [0.3, 0.4) is 0 Å². The number of carbonyl (C=O) groups is 1. The van der Waals surface area contributed by atoms with E-state index in [4.69, 9.17) is 5.10 Å². The monoisotopic (exact) mass is 300 g/mol. The fraction of sp³-hybridized carbons (Fsp3) is 0.600. The first-order valence-electron chi connectivity index (χ1n) is 7.95. The van der Waals surface area contributed by atoms with Crippen LogP contribution in [0, 0.1) is 0 Å². The van der Waals surface area contributed by atoms with Crippen molar-refractivity contribution in [3.63, 3.8) is 0 Å². The summed E-state index contributed by atoms with van der Waals surface area (Å²) in [6.07, 6.45) is 4.45. The molecular formula is C15H20N6O. The molecule has 0 bridgehead atoms. The number of carbonyl (C=O) groups excluding carboxylic acids is 1. The lowest BCUT2D eigenvalue weighted by molar-refractivity contribution is -0.119. The Bertz CT molecular complexity index is 707. The van der Waals surface area contributed by atoms with Gasteiger partial charge in [0.05, 0.1) is 0 Å². The predicted molar refractivity (Wildman–Crippen MR) is 81.8 cm³/mol. The number of amides is 1. The molecule has 116 valence electrons. The highest BCUT2D eigenvalue weighted by Gasteiger charge is 2.29. The molecule has 2 fully saturated rings. The molecule has 0 aromatic carbocycles. The van der Waals surface area contributed by atoms with Crippen molar-refractivity contribution in [2.45, 2.75) is 44.6 Å². The summed E-state index contributed by atoms with van der Waals surface area (Å²) >= 11 is 0. The van der Waals surface area contributed by atoms with Gasteiger partial charge in [-0.1, -0.05) is 0 Å². The maximum absolute atomic E-state index is 11.3. The molecule has 7 nitrogen and oxygen atoms in total. The number of rotatable bonds is 3. The van der Waals surface area contributed by atoms with Crippen molar-refractivity contribution >= 4 is 17.4 Å². The third-order valence-corrected chi connectivity index (χ3v) is 4.37. The number of aromatic nitrogens is 4. The summed E-state index contributed by atoms with van der Waals surface area (Å²) in [5.41, 5.74) is 0.807. The van der Waals surface area contributed by atoms with Gasteiger partial charge in [0.2, 0.25) is 5.91 Å². The fourth-order valence-electron chi connectivity index (χ4n) is 3.15. The van der Waals surface area contributed by atoms with Crippen molar-refractivity contribution in [1.82, 2.24) is 25.1 Å². The summed E-state index contributed by atoms with van der Waals surface area (Å²) in [5, 5.41) is 16.2. The summed E-state index contributed by atoms with van der Waals surface area (Å²) < 4.78 is 1.88. The summed E-state index contributed by atoms with van der Waals surface area (Å²) in [7, 11) is 0. The van der Waals surface area contributed by atoms with E-state index in [0.717, 1.165) is 43.2 Å². The van der Waals surface area contributed by atoms with Crippen LogP contribution < -0.4 is 10.2 Å². The first kappa shape index (κ1) is 13.5. The van der Waals surface area contributed by atoms with Crippen LogP contribution in [0.5, 0.6) is 0 Å². The van der Waals surface area contributed by atoms with Crippen LogP contribution in [0.1, 0.15) is 44.3 Å². The van der Waals surface area contributed by atoms with E-state index in [1.165, 1.54) is 12.8 Å². The number of fused-ring (bicyclic) bond motifs is 1. The second-order valence-corrected chi connectivity index (χ2v) is 6.28. The van der Waals surface area contributed by atoms with Crippen molar-refractivity contribution in [3.8, 4) is 0 Å². The summed E-state index contributed by atoms with van der Waals surface area (Å²) in [6.45, 7) is 3.34. The molecule has 1 atom stereocenters. The Morgan fingerprint density at radius 1 is 1.27 bits per heavy atom. The molecule has 2 aromatic rings. The average molecular weight is 300 g/mol. The van der Waals surface area contributed by atoms with Gasteiger partial charge in [0.1, 0.15) is 5.82 Å². The Hall–Kier alpha value is -2.18. The van der Waals surface area contributed by atoms with Crippen LogP contribution in [0.25, 0.3) is 5.65 Å². The summed E-state index contributed by atoms with van der Waals surface area (Å²) in [4.78, 5) is 13.5. The van der Waals surface area contributed by atoms with Crippen LogP contribution in [0.15, 0.2) is 12.1 Å². The second-order valence-electron chi connectivity index (χ2n) is 6.28. The van der Waals surface area contributed by atoms with Gasteiger partial charge in [-0.2, -0.15) is 4.52 Å². The van der Waals surface area contributed by atoms with Crippen LogP contribution in [-0.4, -0.2) is 44.8 Å². The van der Waals surface area contributed by atoms with Crippen molar-refractivity contribution in [2.75, 3.05) is 18.0 Å². The van der Waals surface area contributed by atoms with Gasteiger partial charge in [0.25, 0.3) is 0 Å². The maximum Gasteiger partial charge on any atom is 0.217 e. The molecule has 1 aliphatic heterocycles. The first-order chi connectivity index (χ1) is 10.7. The quantitative estimate of drug-likeness (QED) is 0.919. The summed E-state index contributed by atoms with van der Waals surface area (Å²) in [6, 6.07) is 4.17. The highest BCUT2D eigenvalue weighted by molar-refractivity contribution is 5.73. The third kappa shape index (κ3) is 2.51. The van der Waals surface area contributed by atoms with Gasteiger partial charge >= 0.3 is 0 Å². The highest BCUT2D eigenvalue weighted by atomic mass is 16.1.